The quantitative estimate of drug-likeness (QED) is 0.564. The Balaban J connectivity index is 1.52. The topological polar surface area (TPSA) is 87.7 Å². The molecular formula is C22H23BrClN3O4. The lowest BCUT2D eigenvalue weighted by atomic mass is 10.1. The van der Waals surface area contributed by atoms with Crippen LogP contribution < -0.4 is 20.3 Å². The maximum absolute atomic E-state index is 12.3. The van der Waals surface area contributed by atoms with Gasteiger partial charge < -0.3 is 20.3 Å². The van der Waals surface area contributed by atoms with E-state index in [-0.39, 0.29) is 36.7 Å². The van der Waals surface area contributed by atoms with Crippen molar-refractivity contribution < 1.29 is 19.1 Å². The van der Waals surface area contributed by atoms with Gasteiger partial charge in [0, 0.05) is 29.7 Å². The number of nitrogens with one attached hydrogen (secondary N) is 2. The highest BCUT2D eigenvalue weighted by Gasteiger charge is 2.34. The Kier molecular flexibility index (Phi) is 7.92. The SMILES string of the molecule is CCCNC(=O)[C@@H]1CC(=O)N(c2ccc(OCC(=O)Nc3ccc(Br)cc3Cl)cc2)C1. The normalized spacial score (nSPS) is 15.6. The van der Waals surface area contributed by atoms with Crippen LogP contribution in [0.15, 0.2) is 46.9 Å². The van der Waals surface area contributed by atoms with Gasteiger partial charge in [-0.2, -0.15) is 0 Å². The zero-order chi connectivity index (χ0) is 22.4. The number of ether oxygens (including phenoxy) is 1. The third-order valence-electron chi connectivity index (χ3n) is 4.77. The smallest absolute Gasteiger partial charge is 0.262 e. The van der Waals surface area contributed by atoms with E-state index < -0.39 is 0 Å². The number of hydrogen-bond acceptors (Lipinski definition) is 4. The van der Waals surface area contributed by atoms with Gasteiger partial charge in [0.05, 0.1) is 16.6 Å². The Morgan fingerprint density at radius 1 is 1.23 bits per heavy atom. The minimum absolute atomic E-state index is 0.0870. The molecule has 1 aliphatic rings. The highest BCUT2D eigenvalue weighted by Crippen LogP contribution is 2.28. The number of nitrogens with zero attached hydrogens (tertiary/aromatic N) is 1. The van der Waals surface area contributed by atoms with Crippen molar-refractivity contribution in [2.45, 2.75) is 19.8 Å². The van der Waals surface area contributed by atoms with E-state index in [0.717, 1.165) is 10.9 Å². The van der Waals surface area contributed by atoms with Crippen molar-refractivity contribution in [1.82, 2.24) is 5.32 Å². The van der Waals surface area contributed by atoms with Gasteiger partial charge in [-0.1, -0.05) is 34.5 Å². The third-order valence-corrected chi connectivity index (χ3v) is 5.57. The van der Waals surface area contributed by atoms with Crippen LogP contribution >= 0.6 is 27.5 Å². The molecule has 1 heterocycles. The van der Waals surface area contributed by atoms with Crippen LogP contribution in [0.2, 0.25) is 5.02 Å². The average molecular weight is 509 g/mol. The molecule has 0 saturated carbocycles. The van der Waals surface area contributed by atoms with Crippen molar-refractivity contribution in [3.63, 3.8) is 0 Å². The minimum Gasteiger partial charge on any atom is -0.484 e. The monoisotopic (exact) mass is 507 g/mol. The molecule has 0 aromatic heterocycles. The van der Waals surface area contributed by atoms with Crippen LogP contribution in [0.3, 0.4) is 0 Å². The highest BCUT2D eigenvalue weighted by atomic mass is 79.9. The number of amides is 3. The van der Waals surface area contributed by atoms with Crippen molar-refractivity contribution in [2.24, 2.45) is 5.92 Å². The number of hydrogen-bond donors (Lipinski definition) is 2. The van der Waals surface area contributed by atoms with Gasteiger partial charge in [0.2, 0.25) is 11.8 Å². The summed E-state index contributed by atoms with van der Waals surface area (Å²) in [7, 11) is 0. The molecule has 2 aromatic rings. The summed E-state index contributed by atoms with van der Waals surface area (Å²) in [5.74, 6) is -0.372. The van der Waals surface area contributed by atoms with E-state index in [1.807, 2.05) is 6.92 Å². The van der Waals surface area contributed by atoms with E-state index in [1.165, 1.54) is 0 Å². The molecular weight excluding hydrogens is 486 g/mol. The molecule has 7 nitrogen and oxygen atoms in total. The van der Waals surface area contributed by atoms with Crippen molar-refractivity contribution in [3.05, 3.63) is 52.0 Å². The second-order valence-electron chi connectivity index (χ2n) is 7.15. The average Bonchev–Trinajstić information content (AvgIpc) is 3.14. The van der Waals surface area contributed by atoms with E-state index >= 15 is 0 Å². The Labute approximate surface area is 194 Å². The largest absolute Gasteiger partial charge is 0.484 e. The van der Waals surface area contributed by atoms with E-state index in [4.69, 9.17) is 16.3 Å². The van der Waals surface area contributed by atoms with Crippen LogP contribution in [0.5, 0.6) is 5.75 Å². The summed E-state index contributed by atoms with van der Waals surface area (Å²) in [5.41, 5.74) is 1.19. The standard InChI is InChI=1S/C22H23BrClN3O4/c1-2-9-25-22(30)14-10-21(29)27(12-14)16-4-6-17(7-5-16)31-13-20(28)26-19-8-3-15(23)11-18(19)24/h3-8,11,14H,2,9-10,12-13H2,1H3,(H,25,30)(H,26,28)/t14-/m1/s1. The van der Waals surface area contributed by atoms with Crippen molar-refractivity contribution in [1.29, 1.82) is 0 Å². The van der Waals surface area contributed by atoms with Gasteiger partial charge in [-0.25, -0.2) is 0 Å². The first-order valence-electron chi connectivity index (χ1n) is 9.93. The molecule has 1 atom stereocenters. The van der Waals surface area contributed by atoms with Crippen LogP contribution in [0.1, 0.15) is 19.8 Å². The van der Waals surface area contributed by atoms with E-state index in [0.29, 0.717) is 35.2 Å². The summed E-state index contributed by atoms with van der Waals surface area (Å²) in [6, 6.07) is 12.0. The molecule has 0 unspecified atom stereocenters. The Morgan fingerprint density at radius 2 is 1.97 bits per heavy atom. The molecule has 0 radical (unpaired) electrons. The first-order valence-corrected chi connectivity index (χ1v) is 11.1. The fraction of sp³-hybridized carbons (Fsp3) is 0.318. The zero-order valence-corrected chi connectivity index (χ0v) is 19.3. The van der Waals surface area contributed by atoms with E-state index in [1.54, 1.807) is 47.4 Å². The van der Waals surface area contributed by atoms with Gasteiger partial charge in [0.25, 0.3) is 5.91 Å². The number of carbonyl (C=O) groups is 3. The second-order valence-corrected chi connectivity index (χ2v) is 8.47. The maximum atomic E-state index is 12.3. The van der Waals surface area contributed by atoms with E-state index in [2.05, 4.69) is 26.6 Å². The van der Waals surface area contributed by atoms with Crippen molar-refractivity contribution in [2.75, 3.05) is 29.9 Å². The van der Waals surface area contributed by atoms with Gasteiger partial charge in [-0.15, -0.1) is 0 Å². The molecule has 31 heavy (non-hydrogen) atoms. The Hall–Kier alpha value is -2.58. The number of carbonyl (C=O) groups excluding carboxylic acids is 3. The molecule has 2 aromatic carbocycles. The summed E-state index contributed by atoms with van der Waals surface area (Å²) in [4.78, 5) is 38.2. The van der Waals surface area contributed by atoms with Gasteiger partial charge in [-0.05, 0) is 48.9 Å². The molecule has 3 amide bonds. The van der Waals surface area contributed by atoms with Gasteiger partial charge in [0.15, 0.2) is 6.61 Å². The van der Waals surface area contributed by atoms with Gasteiger partial charge >= 0.3 is 0 Å². The summed E-state index contributed by atoms with van der Waals surface area (Å²) in [5, 5.41) is 5.95. The number of rotatable bonds is 8. The highest BCUT2D eigenvalue weighted by molar-refractivity contribution is 9.10. The lowest BCUT2D eigenvalue weighted by Gasteiger charge is -2.17. The molecule has 0 bridgehead atoms. The number of anilines is 2. The molecule has 164 valence electrons. The number of benzene rings is 2. The first kappa shape index (κ1) is 23.1. The molecule has 3 rings (SSSR count). The summed E-state index contributed by atoms with van der Waals surface area (Å²) >= 11 is 9.41. The van der Waals surface area contributed by atoms with Crippen LogP contribution in [0, 0.1) is 5.92 Å². The predicted octanol–water partition coefficient (Wildman–Crippen LogP) is 4.00. The molecule has 1 saturated heterocycles. The fourth-order valence-corrected chi connectivity index (χ4v) is 3.89. The van der Waals surface area contributed by atoms with Gasteiger partial charge in [0.1, 0.15) is 5.75 Å². The summed E-state index contributed by atoms with van der Waals surface area (Å²) in [6.45, 7) is 2.76. The summed E-state index contributed by atoms with van der Waals surface area (Å²) in [6.07, 6.45) is 1.05. The Morgan fingerprint density at radius 3 is 2.65 bits per heavy atom. The van der Waals surface area contributed by atoms with Crippen LogP contribution in [-0.2, 0) is 14.4 Å². The molecule has 0 spiro atoms. The zero-order valence-electron chi connectivity index (χ0n) is 17.0. The molecule has 1 aliphatic heterocycles. The van der Waals surface area contributed by atoms with Crippen molar-refractivity contribution >= 4 is 56.6 Å². The first-order chi connectivity index (χ1) is 14.9. The fourth-order valence-electron chi connectivity index (χ4n) is 3.17. The maximum Gasteiger partial charge on any atom is 0.262 e. The predicted molar refractivity (Wildman–Crippen MR) is 123 cm³/mol. The van der Waals surface area contributed by atoms with Crippen molar-refractivity contribution in [3.8, 4) is 5.75 Å². The minimum atomic E-state index is -0.344. The second kappa shape index (κ2) is 10.6. The lowest BCUT2D eigenvalue weighted by molar-refractivity contribution is -0.126. The van der Waals surface area contributed by atoms with Crippen LogP contribution in [0.25, 0.3) is 0 Å². The molecule has 0 aliphatic carbocycles. The molecule has 1 fully saturated rings. The molecule has 2 N–H and O–H groups in total. The van der Waals surface area contributed by atoms with Crippen LogP contribution in [0.4, 0.5) is 11.4 Å². The number of halogens is 2. The van der Waals surface area contributed by atoms with E-state index in [9.17, 15) is 14.4 Å². The Bertz CT molecular complexity index is 968. The molecule has 9 heteroatoms. The van der Waals surface area contributed by atoms with Gasteiger partial charge in [-0.3, -0.25) is 14.4 Å². The summed E-state index contributed by atoms with van der Waals surface area (Å²) < 4.78 is 6.34. The third kappa shape index (κ3) is 6.21. The van der Waals surface area contributed by atoms with Crippen LogP contribution in [-0.4, -0.2) is 37.4 Å². The lowest BCUT2D eigenvalue weighted by Crippen LogP contribution is -2.33.